The van der Waals surface area contributed by atoms with Crippen molar-refractivity contribution >= 4 is 6.09 Å². The maximum atomic E-state index is 12.4. The van der Waals surface area contributed by atoms with E-state index < -0.39 is 5.60 Å². The Balaban J connectivity index is 1.69. The molecule has 3 heterocycles. The third kappa shape index (κ3) is 3.49. The van der Waals surface area contributed by atoms with E-state index in [4.69, 9.17) is 9.47 Å². The predicted molar refractivity (Wildman–Crippen MR) is 88.5 cm³/mol. The SMILES string of the molecule is COC1CN(C(=O)OC(C)(C)C)CC1N1C2CCC1CN(C)C2. The van der Waals surface area contributed by atoms with Crippen molar-refractivity contribution in [2.75, 3.05) is 40.3 Å². The van der Waals surface area contributed by atoms with Crippen LogP contribution >= 0.6 is 0 Å². The molecule has 3 fully saturated rings. The van der Waals surface area contributed by atoms with Gasteiger partial charge in [-0.3, -0.25) is 4.90 Å². The summed E-state index contributed by atoms with van der Waals surface area (Å²) in [5, 5.41) is 0. The normalized spacial score (nSPS) is 35.8. The lowest BCUT2D eigenvalue weighted by Gasteiger charge is -2.44. The number of nitrogens with zero attached hydrogens (tertiary/aromatic N) is 3. The number of likely N-dealkylation sites (N-methyl/N-ethyl adjacent to an activating group) is 1. The van der Waals surface area contributed by atoms with Crippen LogP contribution in [0.3, 0.4) is 0 Å². The second-order valence-electron chi connectivity index (χ2n) is 8.28. The van der Waals surface area contributed by atoms with E-state index >= 15 is 0 Å². The first-order valence-corrected chi connectivity index (χ1v) is 8.75. The highest BCUT2D eigenvalue weighted by Crippen LogP contribution is 2.35. The van der Waals surface area contributed by atoms with Crippen LogP contribution in [-0.4, -0.2) is 91.0 Å². The Morgan fingerprint density at radius 3 is 2.17 bits per heavy atom. The third-order valence-electron chi connectivity index (χ3n) is 5.30. The summed E-state index contributed by atoms with van der Waals surface area (Å²) >= 11 is 0. The smallest absolute Gasteiger partial charge is 0.410 e. The number of ether oxygens (including phenoxy) is 2. The number of amides is 1. The maximum Gasteiger partial charge on any atom is 0.410 e. The van der Waals surface area contributed by atoms with E-state index in [2.05, 4.69) is 16.8 Å². The molecule has 4 atom stereocenters. The first kappa shape index (κ1) is 17.0. The van der Waals surface area contributed by atoms with Gasteiger partial charge in [-0.05, 0) is 40.7 Å². The maximum absolute atomic E-state index is 12.4. The summed E-state index contributed by atoms with van der Waals surface area (Å²) in [6.07, 6.45) is 2.38. The zero-order valence-electron chi connectivity index (χ0n) is 15.1. The van der Waals surface area contributed by atoms with Gasteiger partial charge in [0.15, 0.2) is 0 Å². The number of carbonyl (C=O) groups is 1. The average molecular weight is 325 g/mol. The van der Waals surface area contributed by atoms with Crippen LogP contribution in [0.25, 0.3) is 0 Å². The van der Waals surface area contributed by atoms with E-state index in [1.165, 1.54) is 12.8 Å². The minimum Gasteiger partial charge on any atom is -0.444 e. The average Bonchev–Trinajstić information content (AvgIpc) is 2.96. The molecule has 132 valence electrons. The van der Waals surface area contributed by atoms with Crippen molar-refractivity contribution in [1.82, 2.24) is 14.7 Å². The van der Waals surface area contributed by atoms with Crippen molar-refractivity contribution < 1.29 is 14.3 Å². The Kier molecular flexibility index (Phi) is 4.60. The fraction of sp³-hybridized carbons (Fsp3) is 0.941. The van der Waals surface area contributed by atoms with Gasteiger partial charge in [-0.25, -0.2) is 4.79 Å². The fourth-order valence-electron chi connectivity index (χ4n) is 4.44. The fourth-order valence-corrected chi connectivity index (χ4v) is 4.44. The van der Waals surface area contributed by atoms with Crippen molar-refractivity contribution in [2.24, 2.45) is 0 Å². The zero-order valence-corrected chi connectivity index (χ0v) is 15.1. The van der Waals surface area contributed by atoms with Gasteiger partial charge in [0, 0.05) is 38.8 Å². The molecule has 0 aromatic heterocycles. The molecular weight excluding hydrogens is 294 g/mol. The first-order chi connectivity index (χ1) is 10.8. The number of hydrogen-bond donors (Lipinski definition) is 0. The van der Waals surface area contributed by atoms with Gasteiger partial charge in [0.05, 0.1) is 18.7 Å². The van der Waals surface area contributed by atoms with Gasteiger partial charge >= 0.3 is 6.09 Å². The van der Waals surface area contributed by atoms with Crippen LogP contribution in [0.5, 0.6) is 0 Å². The van der Waals surface area contributed by atoms with Crippen LogP contribution in [0.2, 0.25) is 0 Å². The summed E-state index contributed by atoms with van der Waals surface area (Å²) < 4.78 is 11.3. The van der Waals surface area contributed by atoms with Gasteiger partial charge < -0.3 is 19.3 Å². The van der Waals surface area contributed by atoms with Crippen molar-refractivity contribution in [3.8, 4) is 0 Å². The Labute approximate surface area is 139 Å². The largest absolute Gasteiger partial charge is 0.444 e. The molecule has 0 saturated carbocycles. The quantitative estimate of drug-likeness (QED) is 0.768. The number of fused-ring (bicyclic) bond motifs is 2. The topological polar surface area (TPSA) is 45.2 Å². The van der Waals surface area contributed by atoms with Gasteiger partial charge in [0.25, 0.3) is 0 Å². The molecule has 0 aromatic rings. The van der Waals surface area contributed by atoms with Gasteiger partial charge in [-0.2, -0.15) is 0 Å². The van der Waals surface area contributed by atoms with E-state index in [0.717, 1.165) is 13.1 Å². The summed E-state index contributed by atoms with van der Waals surface area (Å²) in [5.74, 6) is 0. The second-order valence-corrected chi connectivity index (χ2v) is 8.28. The third-order valence-corrected chi connectivity index (χ3v) is 5.30. The lowest BCUT2D eigenvalue weighted by molar-refractivity contribution is -0.0112. The van der Waals surface area contributed by atoms with Crippen LogP contribution in [0.1, 0.15) is 33.6 Å². The predicted octanol–water partition coefficient (Wildman–Crippen LogP) is 1.40. The second kappa shape index (κ2) is 6.22. The standard InChI is InChI=1S/C17H31N3O3/c1-17(2,3)23-16(21)19-10-14(15(11-19)22-5)20-12-6-7-13(20)9-18(4)8-12/h12-15H,6-11H2,1-5H3. The number of rotatable bonds is 2. The van der Waals surface area contributed by atoms with Crippen LogP contribution < -0.4 is 0 Å². The number of carbonyl (C=O) groups excluding carboxylic acids is 1. The van der Waals surface area contributed by atoms with Gasteiger partial charge in [0.1, 0.15) is 5.60 Å². The summed E-state index contributed by atoms with van der Waals surface area (Å²) in [5.41, 5.74) is -0.454. The van der Waals surface area contributed by atoms with E-state index in [-0.39, 0.29) is 12.2 Å². The van der Waals surface area contributed by atoms with Gasteiger partial charge in [-0.15, -0.1) is 0 Å². The molecule has 0 N–H and O–H groups in total. The zero-order chi connectivity index (χ0) is 16.8. The molecule has 0 radical (unpaired) electrons. The summed E-state index contributed by atoms with van der Waals surface area (Å²) in [7, 11) is 3.96. The lowest BCUT2D eigenvalue weighted by atomic mass is 10.1. The molecule has 3 aliphatic rings. The Hall–Kier alpha value is -0.850. The number of likely N-dealkylation sites (tertiary alicyclic amines) is 2. The summed E-state index contributed by atoms with van der Waals surface area (Å²) in [4.78, 5) is 19.3. The molecule has 0 spiro atoms. The van der Waals surface area contributed by atoms with E-state index in [0.29, 0.717) is 31.2 Å². The minimum atomic E-state index is -0.454. The number of hydrogen-bond acceptors (Lipinski definition) is 5. The van der Waals surface area contributed by atoms with E-state index in [9.17, 15) is 4.79 Å². The molecule has 23 heavy (non-hydrogen) atoms. The van der Waals surface area contributed by atoms with Crippen molar-refractivity contribution in [1.29, 1.82) is 0 Å². The van der Waals surface area contributed by atoms with Gasteiger partial charge in [-0.1, -0.05) is 0 Å². The molecule has 6 nitrogen and oxygen atoms in total. The number of methoxy groups -OCH3 is 1. The van der Waals surface area contributed by atoms with Crippen LogP contribution in [-0.2, 0) is 9.47 Å². The molecule has 6 heteroatoms. The highest BCUT2D eigenvalue weighted by Gasteiger charge is 2.49. The molecule has 3 saturated heterocycles. The monoisotopic (exact) mass is 325 g/mol. The molecule has 0 aromatic carbocycles. The van der Waals surface area contributed by atoms with Gasteiger partial charge in [0.2, 0.25) is 0 Å². The highest BCUT2D eigenvalue weighted by molar-refractivity contribution is 5.68. The van der Waals surface area contributed by atoms with E-state index in [1.54, 1.807) is 7.11 Å². The summed E-state index contributed by atoms with van der Waals surface area (Å²) in [6.45, 7) is 9.31. The van der Waals surface area contributed by atoms with E-state index in [1.807, 2.05) is 25.7 Å². The molecule has 2 bridgehead atoms. The Morgan fingerprint density at radius 1 is 1.04 bits per heavy atom. The molecule has 0 aliphatic carbocycles. The van der Waals surface area contributed by atoms with Crippen LogP contribution in [0, 0.1) is 0 Å². The highest BCUT2D eigenvalue weighted by atomic mass is 16.6. The molecule has 3 rings (SSSR count). The Morgan fingerprint density at radius 2 is 1.65 bits per heavy atom. The molecular formula is C17H31N3O3. The van der Waals surface area contributed by atoms with Crippen molar-refractivity contribution in [3.05, 3.63) is 0 Å². The van der Waals surface area contributed by atoms with Crippen molar-refractivity contribution in [2.45, 2.75) is 63.4 Å². The molecule has 4 unspecified atom stereocenters. The first-order valence-electron chi connectivity index (χ1n) is 8.75. The molecule has 1 amide bonds. The summed E-state index contributed by atoms with van der Waals surface area (Å²) in [6, 6.07) is 1.48. The van der Waals surface area contributed by atoms with Crippen LogP contribution in [0.4, 0.5) is 4.79 Å². The van der Waals surface area contributed by atoms with Crippen molar-refractivity contribution in [3.63, 3.8) is 0 Å². The van der Waals surface area contributed by atoms with Crippen LogP contribution in [0.15, 0.2) is 0 Å². The Bertz CT molecular complexity index is 437. The lowest BCUT2D eigenvalue weighted by Crippen LogP contribution is -2.59. The number of piperazine rings is 1. The minimum absolute atomic E-state index is 0.0778. The molecule has 3 aliphatic heterocycles.